The van der Waals surface area contributed by atoms with Gasteiger partial charge in [-0.3, -0.25) is 0 Å². The molecule has 0 N–H and O–H groups in total. The highest BCUT2D eigenvalue weighted by Crippen LogP contribution is 2.27. The van der Waals surface area contributed by atoms with E-state index in [1.54, 1.807) is 11.8 Å². The molecule has 150 valence electrons. The van der Waals surface area contributed by atoms with Gasteiger partial charge in [0.1, 0.15) is 11.4 Å². The maximum atomic E-state index is 6.17. The standard InChI is InChI=1S/C22H25N5OS/c1-5-27-21(17(4)28-19-11-15(2)10-16(3)12-19)24-25-22(27)29-14-18-13-26-9-7-6-8-20(26)23-18/h6-13,17H,5,14H2,1-4H3. The van der Waals surface area contributed by atoms with E-state index in [0.717, 1.165) is 40.4 Å². The zero-order chi connectivity index (χ0) is 20.4. The van der Waals surface area contributed by atoms with E-state index in [1.807, 2.05) is 35.7 Å². The van der Waals surface area contributed by atoms with Gasteiger partial charge in [0, 0.05) is 24.7 Å². The molecule has 1 atom stereocenters. The molecule has 0 aliphatic carbocycles. The quantitative estimate of drug-likeness (QED) is 0.404. The topological polar surface area (TPSA) is 57.2 Å². The van der Waals surface area contributed by atoms with Crippen LogP contribution < -0.4 is 4.74 Å². The van der Waals surface area contributed by atoms with Gasteiger partial charge in [0.2, 0.25) is 0 Å². The largest absolute Gasteiger partial charge is 0.483 e. The Morgan fingerprint density at radius 1 is 1.10 bits per heavy atom. The Hall–Kier alpha value is -2.80. The van der Waals surface area contributed by atoms with Crippen LogP contribution in [0.1, 0.15) is 42.6 Å². The summed E-state index contributed by atoms with van der Waals surface area (Å²) in [5, 5.41) is 9.72. The van der Waals surface area contributed by atoms with E-state index in [9.17, 15) is 0 Å². The highest BCUT2D eigenvalue weighted by atomic mass is 32.2. The normalized spacial score (nSPS) is 12.4. The highest BCUT2D eigenvalue weighted by molar-refractivity contribution is 7.98. The van der Waals surface area contributed by atoms with Crippen molar-refractivity contribution in [1.29, 1.82) is 0 Å². The van der Waals surface area contributed by atoms with Gasteiger partial charge in [-0.15, -0.1) is 10.2 Å². The van der Waals surface area contributed by atoms with Crippen LogP contribution in [0.2, 0.25) is 0 Å². The summed E-state index contributed by atoms with van der Waals surface area (Å²) in [4.78, 5) is 4.66. The number of aryl methyl sites for hydroxylation is 2. The second-order valence-corrected chi connectivity index (χ2v) is 8.10. The molecule has 0 amide bonds. The maximum Gasteiger partial charge on any atom is 0.191 e. The number of imidazole rings is 1. The van der Waals surface area contributed by atoms with Crippen LogP contribution in [0, 0.1) is 13.8 Å². The molecule has 0 fully saturated rings. The van der Waals surface area contributed by atoms with E-state index in [-0.39, 0.29) is 6.10 Å². The van der Waals surface area contributed by atoms with E-state index < -0.39 is 0 Å². The Morgan fingerprint density at radius 2 is 1.90 bits per heavy atom. The Morgan fingerprint density at radius 3 is 2.62 bits per heavy atom. The van der Waals surface area contributed by atoms with Crippen LogP contribution in [0.25, 0.3) is 5.65 Å². The number of aromatic nitrogens is 5. The summed E-state index contributed by atoms with van der Waals surface area (Å²) >= 11 is 1.65. The first-order chi connectivity index (χ1) is 14.0. The molecule has 0 bridgehead atoms. The lowest BCUT2D eigenvalue weighted by atomic mass is 10.1. The van der Waals surface area contributed by atoms with Gasteiger partial charge in [0.05, 0.1) is 5.69 Å². The molecule has 3 heterocycles. The van der Waals surface area contributed by atoms with Gasteiger partial charge in [-0.05, 0) is 63.1 Å². The Balaban J connectivity index is 1.49. The first kappa shape index (κ1) is 19.5. The third kappa shape index (κ3) is 4.29. The zero-order valence-electron chi connectivity index (χ0n) is 17.2. The summed E-state index contributed by atoms with van der Waals surface area (Å²) in [6.45, 7) is 9.06. The van der Waals surface area contributed by atoms with E-state index in [1.165, 1.54) is 11.1 Å². The summed E-state index contributed by atoms with van der Waals surface area (Å²) in [6, 6.07) is 12.2. The van der Waals surface area contributed by atoms with Crippen molar-refractivity contribution in [3.63, 3.8) is 0 Å². The molecule has 1 unspecified atom stereocenters. The first-order valence-corrected chi connectivity index (χ1v) is 10.8. The second kappa shape index (κ2) is 8.29. The molecule has 6 nitrogen and oxygen atoms in total. The molecule has 0 saturated carbocycles. The fourth-order valence-corrected chi connectivity index (χ4v) is 4.35. The summed E-state index contributed by atoms with van der Waals surface area (Å²) in [5.41, 5.74) is 4.35. The number of rotatable bonds is 7. The van der Waals surface area contributed by atoms with E-state index >= 15 is 0 Å². The van der Waals surface area contributed by atoms with Gasteiger partial charge in [-0.2, -0.15) is 0 Å². The minimum atomic E-state index is -0.187. The molecule has 4 aromatic rings. The van der Waals surface area contributed by atoms with Crippen LogP contribution in [-0.4, -0.2) is 24.1 Å². The number of hydrogen-bond donors (Lipinski definition) is 0. The second-order valence-electron chi connectivity index (χ2n) is 7.16. The molecule has 0 radical (unpaired) electrons. The Bertz CT molecular complexity index is 1080. The fraction of sp³-hybridized carbons (Fsp3) is 0.318. The summed E-state index contributed by atoms with van der Waals surface area (Å²) in [7, 11) is 0. The molecule has 0 spiro atoms. The van der Waals surface area contributed by atoms with Crippen molar-refractivity contribution < 1.29 is 4.74 Å². The van der Waals surface area contributed by atoms with E-state index in [0.29, 0.717) is 0 Å². The van der Waals surface area contributed by atoms with Crippen molar-refractivity contribution in [2.45, 2.75) is 51.3 Å². The molecule has 29 heavy (non-hydrogen) atoms. The zero-order valence-corrected chi connectivity index (χ0v) is 18.0. The van der Waals surface area contributed by atoms with Gasteiger partial charge >= 0.3 is 0 Å². The van der Waals surface area contributed by atoms with Gasteiger partial charge in [-0.25, -0.2) is 4.98 Å². The molecular weight excluding hydrogens is 382 g/mol. The van der Waals surface area contributed by atoms with E-state index in [2.05, 4.69) is 64.9 Å². The monoisotopic (exact) mass is 407 g/mol. The summed E-state index contributed by atoms with van der Waals surface area (Å²) in [6.07, 6.45) is 3.88. The SMILES string of the molecule is CCn1c(SCc2cn3ccccc3n2)nnc1C(C)Oc1cc(C)cc(C)c1. The minimum Gasteiger partial charge on any atom is -0.483 e. The summed E-state index contributed by atoms with van der Waals surface area (Å²) < 4.78 is 10.3. The number of benzene rings is 1. The van der Waals surface area contributed by atoms with Crippen molar-refractivity contribution >= 4 is 17.4 Å². The molecule has 1 aromatic carbocycles. The predicted octanol–water partition coefficient (Wildman–Crippen LogP) is 4.99. The molecule has 3 aromatic heterocycles. The number of hydrogen-bond acceptors (Lipinski definition) is 5. The van der Waals surface area contributed by atoms with Gasteiger partial charge < -0.3 is 13.7 Å². The molecule has 4 rings (SSSR count). The minimum absolute atomic E-state index is 0.187. The van der Waals surface area contributed by atoms with Crippen LogP contribution >= 0.6 is 11.8 Å². The lowest BCUT2D eigenvalue weighted by molar-refractivity contribution is 0.209. The predicted molar refractivity (Wildman–Crippen MR) is 115 cm³/mol. The first-order valence-electron chi connectivity index (χ1n) is 9.77. The highest BCUT2D eigenvalue weighted by Gasteiger charge is 2.19. The average molecular weight is 408 g/mol. The fourth-order valence-electron chi connectivity index (χ4n) is 3.46. The number of pyridine rings is 1. The molecule has 0 saturated heterocycles. The van der Waals surface area contributed by atoms with Crippen molar-refractivity contribution in [1.82, 2.24) is 24.1 Å². The van der Waals surface area contributed by atoms with Crippen LogP contribution in [0.4, 0.5) is 0 Å². The van der Waals surface area contributed by atoms with Gasteiger partial charge in [0.25, 0.3) is 0 Å². The molecule has 7 heteroatoms. The maximum absolute atomic E-state index is 6.17. The van der Waals surface area contributed by atoms with Crippen molar-refractivity contribution in [3.8, 4) is 5.75 Å². The lowest BCUT2D eigenvalue weighted by Gasteiger charge is -2.16. The van der Waals surface area contributed by atoms with Crippen molar-refractivity contribution in [2.24, 2.45) is 0 Å². The third-order valence-corrected chi connectivity index (χ3v) is 5.70. The smallest absolute Gasteiger partial charge is 0.191 e. The van der Waals surface area contributed by atoms with Crippen molar-refractivity contribution in [2.75, 3.05) is 0 Å². The average Bonchev–Trinajstić information content (AvgIpc) is 3.28. The molecule has 0 aliphatic rings. The third-order valence-electron chi connectivity index (χ3n) is 4.70. The van der Waals surface area contributed by atoms with Gasteiger partial charge in [-0.1, -0.05) is 23.9 Å². The molecular formula is C22H25N5OS. The number of thioether (sulfide) groups is 1. The summed E-state index contributed by atoms with van der Waals surface area (Å²) in [5.74, 6) is 2.44. The number of ether oxygens (including phenoxy) is 1. The van der Waals surface area contributed by atoms with Crippen LogP contribution in [0.3, 0.4) is 0 Å². The number of nitrogens with zero attached hydrogens (tertiary/aromatic N) is 5. The molecule has 0 aliphatic heterocycles. The van der Waals surface area contributed by atoms with Crippen LogP contribution in [0.15, 0.2) is 53.9 Å². The van der Waals surface area contributed by atoms with Crippen LogP contribution in [0.5, 0.6) is 5.75 Å². The number of fused-ring (bicyclic) bond motifs is 1. The van der Waals surface area contributed by atoms with Crippen molar-refractivity contribution in [3.05, 3.63) is 71.4 Å². The van der Waals surface area contributed by atoms with Gasteiger partial charge in [0.15, 0.2) is 17.1 Å². The lowest BCUT2D eigenvalue weighted by Crippen LogP contribution is -2.12. The Labute approximate surface area is 175 Å². The van der Waals surface area contributed by atoms with E-state index in [4.69, 9.17) is 4.74 Å². The van der Waals surface area contributed by atoms with Crippen LogP contribution in [-0.2, 0) is 12.3 Å². The Kier molecular flexibility index (Phi) is 5.58.